The van der Waals surface area contributed by atoms with Crippen molar-refractivity contribution in [1.29, 1.82) is 0 Å². The van der Waals surface area contributed by atoms with Crippen molar-refractivity contribution < 1.29 is 17.9 Å². The molecular weight excluding hydrogens is 420 g/mol. The quantitative estimate of drug-likeness (QED) is 0.394. The van der Waals surface area contributed by atoms with Gasteiger partial charge in [-0.05, 0) is 43.3 Å². The van der Waals surface area contributed by atoms with Crippen LogP contribution in [0.3, 0.4) is 0 Å². The number of hydrogen-bond donors (Lipinski definition) is 3. The highest BCUT2D eigenvalue weighted by Crippen LogP contribution is 2.30. The van der Waals surface area contributed by atoms with Gasteiger partial charge in [-0.2, -0.15) is 13.8 Å². The lowest BCUT2D eigenvalue weighted by Gasteiger charge is -2.12. The lowest BCUT2D eigenvalue weighted by Crippen LogP contribution is -2.04. The van der Waals surface area contributed by atoms with Gasteiger partial charge >= 0.3 is 12.4 Å². The van der Waals surface area contributed by atoms with Crippen LogP contribution in [0.1, 0.15) is 5.56 Å². The van der Waals surface area contributed by atoms with E-state index in [9.17, 15) is 13.6 Å². The smallest absolute Gasteiger partial charge is 0.417 e. The van der Waals surface area contributed by atoms with Gasteiger partial charge in [-0.3, -0.25) is 4.98 Å². The van der Waals surface area contributed by atoms with Crippen LogP contribution in [0.25, 0.3) is 11.1 Å². The second kappa shape index (κ2) is 7.99. The highest BCUT2D eigenvalue weighted by atomic mass is 35.5. The minimum Gasteiger partial charge on any atom is -0.433 e. The molecule has 0 saturated heterocycles. The molecule has 30 heavy (non-hydrogen) atoms. The Bertz CT molecular complexity index is 1270. The first-order valence-electron chi connectivity index (χ1n) is 8.62. The van der Waals surface area contributed by atoms with E-state index in [1.807, 2.05) is 6.92 Å². The van der Waals surface area contributed by atoms with Crippen molar-refractivity contribution in [2.24, 2.45) is 0 Å². The number of ether oxygens (including phenoxy) is 1. The van der Waals surface area contributed by atoms with Crippen molar-refractivity contribution in [3.05, 3.63) is 63.7 Å². The van der Waals surface area contributed by atoms with Crippen LogP contribution in [0, 0.1) is 6.92 Å². The Morgan fingerprint density at radius 3 is 2.70 bits per heavy atom. The Kier molecular flexibility index (Phi) is 5.23. The molecule has 0 aliphatic carbocycles. The molecule has 0 unspecified atom stereocenters. The largest absolute Gasteiger partial charge is 0.433 e. The monoisotopic (exact) mass is 433 g/mol. The Labute approximate surface area is 172 Å². The van der Waals surface area contributed by atoms with E-state index in [1.54, 1.807) is 24.4 Å². The molecule has 4 aromatic rings. The number of nitrogens with zero attached hydrogens (tertiary/aromatic N) is 2. The molecule has 3 N–H and O–H groups in total. The van der Waals surface area contributed by atoms with Crippen molar-refractivity contribution in [3.63, 3.8) is 0 Å². The maximum atomic E-state index is 12.4. The van der Waals surface area contributed by atoms with Gasteiger partial charge in [-0.1, -0.05) is 11.6 Å². The van der Waals surface area contributed by atoms with E-state index >= 15 is 0 Å². The van der Waals surface area contributed by atoms with Crippen LogP contribution < -0.4 is 21.1 Å². The summed E-state index contributed by atoms with van der Waals surface area (Å²) in [6.45, 7) is -1.13. The van der Waals surface area contributed by atoms with Gasteiger partial charge in [0.05, 0.1) is 10.5 Å². The number of benzene rings is 2. The topological polar surface area (TPSA) is 105 Å². The lowest BCUT2D eigenvalue weighted by atomic mass is 10.2. The Morgan fingerprint density at radius 2 is 1.93 bits per heavy atom. The zero-order valence-corrected chi connectivity index (χ0v) is 16.1. The molecule has 154 valence electrons. The molecule has 0 aliphatic heterocycles. The van der Waals surface area contributed by atoms with Gasteiger partial charge in [0, 0.05) is 23.1 Å². The second-order valence-corrected chi connectivity index (χ2v) is 6.63. The summed E-state index contributed by atoms with van der Waals surface area (Å²) in [6, 6.07) is 9.40. The Balaban J connectivity index is 1.55. The van der Waals surface area contributed by atoms with Gasteiger partial charge in [0.25, 0.3) is 0 Å². The molecule has 0 fully saturated rings. The normalized spacial score (nSPS) is 11.1. The lowest BCUT2D eigenvalue weighted by molar-refractivity contribution is -0.0497. The van der Waals surface area contributed by atoms with E-state index < -0.39 is 12.4 Å². The molecule has 0 aliphatic rings. The molecule has 0 bridgehead atoms. The van der Waals surface area contributed by atoms with Gasteiger partial charge in [0.2, 0.25) is 5.95 Å². The number of anilines is 4. The van der Waals surface area contributed by atoms with Crippen molar-refractivity contribution in [3.8, 4) is 5.75 Å². The molecule has 0 saturated carbocycles. The van der Waals surface area contributed by atoms with E-state index in [2.05, 4.69) is 30.3 Å². The number of oxazole rings is 1. The summed E-state index contributed by atoms with van der Waals surface area (Å²) in [5.41, 5.74) is 2.96. The molecule has 11 heteroatoms. The molecule has 0 atom stereocenters. The molecule has 4 rings (SSSR count). The summed E-state index contributed by atoms with van der Waals surface area (Å²) in [6.07, 6.45) is 1.62. The Morgan fingerprint density at radius 1 is 1.17 bits per heavy atom. The van der Waals surface area contributed by atoms with E-state index in [0.717, 1.165) is 5.56 Å². The molecule has 2 heterocycles. The summed E-state index contributed by atoms with van der Waals surface area (Å²) >= 11 is 5.97. The summed E-state index contributed by atoms with van der Waals surface area (Å²) in [5, 5.41) is 6.14. The van der Waals surface area contributed by atoms with Crippen LogP contribution in [0.5, 0.6) is 5.75 Å². The predicted molar refractivity (Wildman–Crippen MR) is 108 cm³/mol. The third-order valence-electron chi connectivity index (χ3n) is 4.06. The first-order valence-corrected chi connectivity index (χ1v) is 9.00. The van der Waals surface area contributed by atoms with Crippen molar-refractivity contribution >= 4 is 45.8 Å². The molecule has 0 amide bonds. The van der Waals surface area contributed by atoms with E-state index in [0.29, 0.717) is 28.3 Å². The zero-order valence-electron chi connectivity index (χ0n) is 15.4. The second-order valence-electron chi connectivity index (χ2n) is 6.22. The number of fused-ring (bicyclic) bond motifs is 1. The van der Waals surface area contributed by atoms with Gasteiger partial charge in [-0.25, -0.2) is 9.78 Å². The average molecular weight is 434 g/mol. The number of rotatable bonds is 6. The first kappa shape index (κ1) is 19.6. The van der Waals surface area contributed by atoms with E-state index in [-0.39, 0.29) is 16.7 Å². The van der Waals surface area contributed by atoms with Crippen molar-refractivity contribution in [2.45, 2.75) is 13.5 Å². The molecule has 8 nitrogen and oxygen atoms in total. The fourth-order valence-electron chi connectivity index (χ4n) is 2.69. The van der Waals surface area contributed by atoms with Crippen LogP contribution >= 0.6 is 11.6 Å². The standard InChI is InChI=1S/C19H14ClF2N5O3/c1-9-8-23-18(25-10-2-4-14(12(20)6-10)29-17(21)22)27-16(9)24-11-3-5-15-13(7-11)26-19(28)30-15/h2-8,17H,1H3,(H,26,28)(H2,23,24,25,27). The summed E-state index contributed by atoms with van der Waals surface area (Å²) in [7, 11) is 0. The molecular formula is C19H14ClF2N5O3. The number of aromatic nitrogens is 3. The summed E-state index contributed by atoms with van der Waals surface area (Å²) < 4.78 is 34.0. The third kappa shape index (κ3) is 4.33. The third-order valence-corrected chi connectivity index (χ3v) is 4.35. The van der Waals surface area contributed by atoms with Gasteiger partial charge in [0.1, 0.15) is 11.6 Å². The van der Waals surface area contributed by atoms with Gasteiger partial charge in [0.15, 0.2) is 5.58 Å². The fraction of sp³-hybridized carbons (Fsp3) is 0.105. The summed E-state index contributed by atoms with van der Waals surface area (Å²) in [5.74, 6) is 0.133. The molecule has 0 radical (unpaired) electrons. The van der Waals surface area contributed by atoms with Crippen LogP contribution in [0.4, 0.5) is 31.9 Å². The van der Waals surface area contributed by atoms with Crippen LogP contribution in [-0.2, 0) is 0 Å². The number of aromatic amines is 1. The van der Waals surface area contributed by atoms with Crippen molar-refractivity contribution in [2.75, 3.05) is 10.6 Å². The summed E-state index contributed by atoms with van der Waals surface area (Å²) in [4.78, 5) is 22.5. The minimum absolute atomic E-state index is 0.0215. The zero-order chi connectivity index (χ0) is 21.3. The van der Waals surface area contributed by atoms with Crippen LogP contribution in [-0.4, -0.2) is 21.6 Å². The molecule has 2 aromatic heterocycles. The highest BCUT2D eigenvalue weighted by molar-refractivity contribution is 6.32. The fourth-order valence-corrected chi connectivity index (χ4v) is 2.92. The number of halogens is 3. The Hall–Kier alpha value is -3.66. The predicted octanol–water partition coefficient (Wildman–Crippen LogP) is 4.96. The number of aryl methyl sites for hydroxylation is 1. The van der Waals surface area contributed by atoms with E-state index in [4.69, 9.17) is 16.0 Å². The van der Waals surface area contributed by atoms with Gasteiger partial charge < -0.3 is 19.8 Å². The van der Waals surface area contributed by atoms with Crippen LogP contribution in [0.15, 0.2) is 51.8 Å². The van der Waals surface area contributed by atoms with Gasteiger partial charge in [-0.15, -0.1) is 0 Å². The van der Waals surface area contributed by atoms with Crippen molar-refractivity contribution in [1.82, 2.24) is 15.0 Å². The van der Waals surface area contributed by atoms with Crippen LogP contribution in [0.2, 0.25) is 5.02 Å². The first-order chi connectivity index (χ1) is 14.4. The number of hydrogen-bond acceptors (Lipinski definition) is 7. The minimum atomic E-state index is -2.96. The van der Waals surface area contributed by atoms with E-state index in [1.165, 1.54) is 18.2 Å². The highest BCUT2D eigenvalue weighted by Gasteiger charge is 2.11. The average Bonchev–Trinajstić information content (AvgIpc) is 3.06. The SMILES string of the molecule is Cc1cnc(Nc2ccc(OC(F)F)c(Cl)c2)nc1Nc1ccc2oc(=O)[nH]c2c1. The molecule has 0 spiro atoms. The molecule has 2 aromatic carbocycles. The maximum Gasteiger partial charge on any atom is 0.417 e. The maximum absolute atomic E-state index is 12.4. The number of nitrogens with one attached hydrogen (secondary N) is 3. The number of H-pyrrole nitrogens is 1. The number of alkyl halides is 2.